The van der Waals surface area contributed by atoms with Crippen molar-refractivity contribution >= 4 is 0 Å². The van der Waals surface area contributed by atoms with E-state index in [2.05, 4.69) is 20.8 Å². The standard InChI is InChI=1S/C22H38O11/c1-21(2)9-4-5-22(21,3)12(6-9)32-20-18(16(28)14(26)11(8-24)31-20)33-19-17(29)15(27)13(25)10(7-23)30-19/h9-20,23-29H,4-8H2,1-3H3/t9-,10+,11+,12+,13+,14+,15-,16-,17+,18+,19-,20-,22+/m0/s1. The second kappa shape index (κ2) is 9.21. The van der Waals surface area contributed by atoms with Gasteiger partial charge in [-0.2, -0.15) is 0 Å². The van der Waals surface area contributed by atoms with Crippen molar-refractivity contribution in [1.29, 1.82) is 0 Å². The van der Waals surface area contributed by atoms with Crippen LogP contribution in [0, 0.1) is 16.7 Å². The molecule has 0 radical (unpaired) electrons. The molecule has 2 heterocycles. The SMILES string of the molecule is CC1(C)[C@H]2CC[C@]1(C)[C@H](O[C@@H]1O[C@H](CO)[C@@H](O)[C@H](O)[C@H]1O[C@@H]1O[C@H](CO)[C@@H](O)[C@H](O)[C@H]1O)C2. The molecule has 0 aromatic heterocycles. The minimum atomic E-state index is -1.69. The predicted octanol–water partition coefficient (Wildman–Crippen LogP) is -2.16. The van der Waals surface area contributed by atoms with Gasteiger partial charge in [0.1, 0.15) is 48.8 Å². The number of hydrogen-bond acceptors (Lipinski definition) is 11. The number of aliphatic hydroxyl groups excluding tert-OH is 7. The molecule has 11 heteroatoms. The van der Waals surface area contributed by atoms with Crippen LogP contribution < -0.4 is 0 Å². The summed E-state index contributed by atoms with van der Waals surface area (Å²) in [5, 5.41) is 70.7. The van der Waals surface area contributed by atoms with Gasteiger partial charge in [0.25, 0.3) is 0 Å². The third-order valence-corrected chi connectivity index (χ3v) is 8.98. The first kappa shape index (κ1) is 25.6. The van der Waals surface area contributed by atoms with E-state index in [4.69, 9.17) is 18.9 Å². The molecule has 2 bridgehead atoms. The molecular formula is C22H38O11. The van der Waals surface area contributed by atoms with Gasteiger partial charge in [-0.15, -0.1) is 0 Å². The molecule has 4 aliphatic rings. The molecule has 4 fully saturated rings. The third-order valence-electron chi connectivity index (χ3n) is 8.98. The number of aliphatic hydroxyl groups is 7. The van der Waals surface area contributed by atoms with Gasteiger partial charge in [-0.1, -0.05) is 20.8 Å². The van der Waals surface area contributed by atoms with E-state index >= 15 is 0 Å². The topological polar surface area (TPSA) is 179 Å². The van der Waals surface area contributed by atoms with Crippen LogP contribution in [0.15, 0.2) is 0 Å². The molecule has 2 saturated carbocycles. The zero-order valence-electron chi connectivity index (χ0n) is 19.2. The predicted molar refractivity (Wildman–Crippen MR) is 111 cm³/mol. The quantitative estimate of drug-likeness (QED) is 0.221. The Bertz CT molecular complexity index is 689. The van der Waals surface area contributed by atoms with Crippen LogP contribution in [-0.4, -0.2) is 116 Å². The lowest BCUT2D eigenvalue weighted by Gasteiger charge is -2.48. The summed E-state index contributed by atoms with van der Waals surface area (Å²) in [4.78, 5) is 0. The molecule has 13 atom stereocenters. The van der Waals surface area contributed by atoms with Gasteiger partial charge >= 0.3 is 0 Å². The van der Waals surface area contributed by atoms with Gasteiger partial charge < -0.3 is 54.7 Å². The van der Waals surface area contributed by atoms with Gasteiger partial charge in [-0.3, -0.25) is 0 Å². The highest BCUT2D eigenvalue weighted by Crippen LogP contribution is 2.66. The summed E-state index contributed by atoms with van der Waals surface area (Å²) in [7, 11) is 0. The van der Waals surface area contributed by atoms with Crippen LogP contribution >= 0.6 is 0 Å². The molecule has 2 aliphatic heterocycles. The highest BCUT2D eigenvalue weighted by Gasteiger charge is 2.63. The number of fused-ring (bicyclic) bond motifs is 2. The largest absolute Gasteiger partial charge is 0.394 e. The summed E-state index contributed by atoms with van der Waals surface area (Å²) in [6.45, 7) is 5.40. The van der Waals surface area contributed by atoms with E-state index in [1.807, 2.05) is 0 Å². The Balaban J connectivity index is 1.55. The van der Waals surface area contributed by atoms with Gasteiger partial charge in [-0.25, -0.2) is 0 Å². The van der Waals surface area contributed by atoms with Gasteiger partial charge in [0.2, 0.25) is 0 Å². The molecule has 11 nitrogen and oxygen atoms in total. The Labute approximate surface area is 192 Å². The van der Waals surface area contributed by atoms with Crippen molar-refractivity contribution in [3.05, 3.63) is 0 Å². The lowest BCUT2D eigenvalue weighted by molar-refractivity contribution is -0.374. The maximum atomic E-state index is 10.8. The molecule has 33 heavy (non-hydrogen) atoms. The Kier molecular flexibility index (Phi) is 7.16. The van der Waals surface area contributed by atoms with Crippen molar-refractivity contribution in [2.24, 2.45) is 16.7 Å². The number of rotatable bonds is 6. The third kappa shape index (κ3) is 4.05. The smallest absolute Gasteiger partial charge is 0.187 e. The van der Waals surface area contributed by atoms with Crippen LogP contribution in [-0.2, 0) is 18.9 Å². The minimum absolute atomic E-state index is 0.0362. The van der Waals surface area contributed by atoms with Crippen LogP contribution in [0.1, 0.15) is 40.0 Å². The maximum absolute atomic E-state index is 10.8. The van der Waals surface area contributed by atoms with Crippen LogP contribution in [0.25, 0.3) is 0 Å². The first-order chi connectivity index (χ1) is 15.5. The highest BCUT2D eigenvalue weighted by molar-refractivity contribution is 5.11. The summed E-state index contributed by atoms with van der Waals surface area (Å²) in [6.07, 6.45) is -11.8. The first-order valence-corrected chi connectivity index (χ1v) is 11.7. The maximum Gasteiger partial charge on any atom is 0.187 e. The lowest BCUT2D eigenvalue weighted by Crippen LogP contribution is -2.65. The summed E-state index contributed by atoms with van der Waals surface area (Å²) >= 11 is 0. The molecule has 2 saturated heterocycles. The van der Waals surface area contributed by atoms with Crippen molar-refractivity contribution in [3.63, 3.8) is 0 Å². The van der Waals surface area contributed by atoms with Crippen LogP contribution in [0.3, 0.4) is 0 Å². The van der Waals surface area contributed by atoms with E-state index in [0.29, 0.717) is 5.92 Å². The zero-order chi connectivity index (χ0) is 24.3. The second-order valence-electron chi connectivity index (χ2n) is 10.7. The summed E-state index contributed by atoms with van der Waals surface area (Å²) in [5.74, 6) is 0.463. The Morgan fingerprint density at radius 1 is 0.758 bits per heavy atom. The lowest BCUT2D eigenvalue weighted by atomic mass is 9.70. The highest BCUT2D eigenvalue weighted by atomic mass is 16.8. The molecule has 0 unspecified atom stereocenters. The van der Waals surface area contributed by atoms with Crippen molar-refractivity contribution in [2.45, 2.75) is 108 Å². The van der Waals surface area contributed by atoms with Crippen molar-refractivity contribution in [3.8, 4) is 0 Å². The fraction of sp³-hybridized carbons (Fsp3) is 1.00. The van der Waals surface area contributed by atoms with E-state index in [1.54, 1.807) is 0 Å². The molecule has 192 valence electrons. The van der Waals surface area contributed by atoms with Crippen LogP contribution in [0.5, 0.6) is 0 Å². The normalized spacial score (nSPS) is 54.0. The Morgan fingerprint density at radius 2 is 1.33 bits per heavy atom. The summed E-state index contributed by atoms with van der Waals surface area (Å²) in [5.41, 5.74) is -0.112. The molecule has 0 aromatic carbocycles. The van der Waals surface area contributed by atoms with Crippen molar-refractivity contribution in [2.75, 3.05) is 13.2 Å². The van der Waals surface area contributed by atoms with E-state index in [-0.39, 0.29) is 16.9 Å². The van der Waals surface area contributed by atoms with E-state index < -0.39 is 74.6 Å². The average Bonchev–Trinajstić information content (AvgIpc) is 3.12. The van der Waals surface area contributed by atoms with E-state index in [0.717, 1.165) is 19.3 Å². The van der Waals surface area contributed by atoms with E-state index in [9.17, 15) is 35.7 Å². The average molecular weight is 479 g/mol. The Hall–Kier alpha value is -0.440. The van der Waals surface area contributed by atoms with Crippen LogP contribution in [0.2, 0.25) is 0 Å². The van der Waals surface area contributed by atoms with Crippen LogP contribution in [0.4, 0.5) is 0 Å². The van der Waals surface area contributed by atoms with Crippen molar-refractivity contribution < 1.29 is 54.7 Å². The Morgan fingerprint density at radius 3 is 1.85 bits per heavy atom. The monoisotopic (exact) mass is 478 g/mol. The van der Waals surface area contributed by atoms with E-state index in [1.165, 1.54) is 0 Å². The zero-order valence-corrected chi connectivity index (χ0v) is 19.2. The van der Waals surface area contributed by atoms with Crippen molar-refractivity contribution in [1.82, 2.24) is 0 Å². The second-order valence-corrected chi connectivity index (χ2v) is 10.7. The molecule has 0 amide bonds. The minimum Gasteiger partial charge on any atom is -0.394 e. The fourth-order valence-electron chi connectivity index (χ4n) is 6.14. The summed E-state index contributed by atoms with van der Waals surface area (Å²) in [6, 6.07) is 0. The van der Waals surface area contributed by atoms with Gasteiger partial charge in [-0.05, 0) is 36.0 Å². The number of hydrogen-bond donors (Lipinski definition) is 7. The molecule has 4 rings (SSSR count). The van der Waals surface area contributed by atoms with Gasteiger partial charge in [0, 0.05) is 0 Å². The molecule has 0 aromatic rings. The molecule has 2 aliphatic carbocycles. The molecular weight excluding hydrogens is 440 g/mol. The fourth-order valence-corrected chi connectivity index (χ4v) is 6.14. The van der Waals surface area contributed by atoms with Gasteiger partial charge in [0.05, 0.1) is 19.3 Å². The first-order valence-electron chi connectivity index (χ1n) is 11.7. The van der Waals surface area contributed by atoms with Gasteiger partial charge in [0.15, 0.2) is 12.6 Å². The molecule has 0 spiro atoms. The molecule has 7 N–H and O–H groups in total. The summed E-state index contributed by atoms with van der Waals surface area (Å²) < 4.78 is 23.3. The number of ether oxygens (including phenoxy) is 4.